The molecule has 0 aliphatic heterocycles. The number of pyridine rings is 1. The number of rotatable bonds is 6. The number of hydrogen-bond donors (Lipinski definition) is 2. The van der Waals surface area contributed by atoms with Gasteiger partial charge < -0.3 is 20.1 Å². The Hall–Kier alpha value is -3.54. The van der Waals surface area contributed by atoms with E-state index in [4.69, 9.17) is 9.47 Å². The molecule has 28 heavy (non-hydrogen) atoms. The number of ether oxygens (including phenoxy) is 2. The predicted octanol–water partition coefficient (Wildman–Crippen LogP) is 4.71. The van der Waals surface area contributed by atoms with Crippen molar-refractivity contribution in [1.82, 2.24) is 4.98 Å². The van der Waals surface area contributed by atoms with Crippen LogP contribution >= 0.6 is 0 Å². The molecular weight excluding hydrogens is 354 g/mol. The Labute approximate surface area is 164 Å². The molecule has 0 saturated heterocycles. The Bertz CT molecular complexity index is 1000. The maximum absolute atomic E-state index is 12.6. The lowest BCUT2D eigenvalue weighted by molar-refractivity contribution is 0.102. The van der Waals surface area contributed by atoms with Gasteiger partial charge in [0.05, 0.1) is 14.2 Å². The minimum Gasteiger partial charge on any atom is -0.493 e. The van der Waals surface area contributed by atoms with Gasteiger partial charge in [0.1, 0.15) is 5.69 Å². The van der Waals surface area contributed by atoms with Crippen molar-refractivity contribution in [3.8, 4) is 11.5 Å². The number of amides is 1. The normalized spacial score (nSPS) is 10.3. The van der Waals surface area contributed by atoms with Gasteiger partial charge in [-0.25, -0.2) is 0 Å². The Morgan fingerprint density at radius 1 is 0.821 bits per heavy atom. The summed E-state index contributed by atoms with van der Waals surface area (Å²) >= 11 is 0. The van der Waals surface area contributed by atoms with Crippen LogP contribution in [-0.4, -0.2) is 25.1 Å². The standard InChI is InChI=1S/C22H23N3O3/c1-14-5-6-16(11-15(14)2)25-22(26)19-12-18(9-10-23-19)24-17-7-8-20(27-3)21(13-17)28-4/h5-13H,1-4H3,(H,23,24)(H,25,26). The molecule has 1 amide bonds. The smallest absolute Gasteiger partial charge is 0.274 e. The summed E-state index contributed by atoms with van der Waals surface area (Å²) in [5, 5.41) is 6.14. The van der Waals surface area contributed by atoms with Crippen molar-refractivity contribution in [3.05, 3.63) is 71.5 Å². The molecule has 1 aromatic heterocycles. The molecule has 0 radical (unpaired) electrons. The van der Waals surface area contributed by atoms with Gasteiger partial charge in [-0.15, -0.1) is 0 Å². The van der Waals surface area contributed by atoms with Crippen molar-refractivity contribution < 1.29 is 14.3 Å². The lowest BCUT2D eigenvalue weighted by Crippen LogP contribution is -2.14. The number of benzene rings is 2. The van der Waals surface area contributed by atoms with Gasteiger partial charge in [-0.2, -0.15) is 0 Å². The van der Waals surface area contributed by atoms with E-state index in [0.717, 1.165) is 22.6 Å². The molecule has 144 valence electrons. The summed E-state index contributed by atoms with van der Waals surface area (Å²) in [7, 11) is 3.18. The number of aromatic nitrogens is 1. The third-order valence-corrected chi connectivity index (χ3v) is 4.43. The van der Waals surface area contributed by atoms with Gasteiger partial charge in [0.25, 0.3) is 5.91 Å². The number of nitrogens with one attached hydrogen (secondary N) is 2. The van der Waals surface area contributed by atoms with Crippen LogP contribution in [0.4, 0.5) is 17.1 Å². The fourth-order valence-corrected chi connectivity index (χ4v) is 2.73. The van der Waals surface area contributed by atoms with Crippen molar-refractivity contribution >= 4 is 23.0 Å². The molecule has 0 aliphatic carbocycles. The molecule has 0 spiro atoms. The highest BCUT2D eigenvalue weighted by Gasteiger charge is 2.10. The number of nitrogens with zero attached hydrogens (tertiary/aromatic N) is 1. The summed E-state index contributed by atoms with van der Waals surface area (Å²) in [5.41, 5.74) is 4.92. The van der Waals surface area contributed by atoms with Gasteiger partial charge in [-0.3, -0.25) is 9.78 Å². The van der Waals surface area contributed by atoms with Crippen LogP contribution in [0.15, 0.2) is 54.7 Å². The molecule has 3 rings (SSSR count). The Morgan fingerprint density at radius 3 is 2.25 bits per heavy atom. The van der Waals surface area contributed by atoms with Crippen molar-refractivity contribution in [1.29, 1.82) is 0 Å². The second-order valence-electron chi connectivity index (χ2n) is 6.38. The summed E-state index contributed by atoms with van der Waals surface area (Å²) in [6.07, 6.45) is 1.60. The predicted molar refractivity (Wildman–Crippen MR) is 111 cm³/mol. The lowest BCUT2D eigenvalue weighted by Gasteiger charge is -2.12. The molecule has 0 fully saturated rings. The van der Waals surface area contributed by atoms with Crippen molar-refractivity contribution in [3.63, 3.8) is 0 Å². The summed E-state index contributed by atoms with van der Waals surface area (Å²) in [6, 6.07) is 14.8. The molecular formula is C22H23N3O3. The van der Waals surface area contributed by atoms with E-state index < -0.39 is 0 Å². The minimum absolute atomic E-state index is 0.265. The monoisotopic (exact) mass is 377 g/mol. The van der Waals surface area contributed by atoms with E-state index in [1.54, 1.807) is 32.5 Å². The summed E-state index contributed by atoms with van der Waals surface area (Å²) < 4.78 is 10.6. The van der Waals surface area contributed by atoms with Crippen LogP contribution in [0.25, 0.3) is 0 Å². The van der Waals surface area contributed by atoms with E-state index in [0.29, 0.717) is 17.2 Å². The van der Waals surface area contributed by atoms with Crippen molar-refractivity contribution in [2.45, 2.75) is 13.8 Å². The zero-order chi connectivity index (χ0) is 20.1. The highest BCUT2D eigenvalue weighted by molar-refractivity contribution is 6.03. The summed E-state index contributed by atoms with van der Waals surface area (Å²) in [5.74, 6) is 1.00. The van der Waals surface area contributed by atoms with Crippen molar-refractivity contribution in [2.75, 3.05) is 24.9 Å². The molecule has 2 aromatic carbocycles. The lowest BCUT2D eigenvalue weighted by atomic mass is 10.1. The second-order valence-corrected chi connectivity index (χ2v) is 6.38. The van der Waals surface area contributed by atoms with E-state index in [1.807, 2.05) is 50.2 Å². The summed E-state index contributed by atoms with van der Waals surface area (Å²) in [6.45, 7) is 4.04. The molecule has 1 heterocycles. The van der Waals surface area contributed by atoms with Crippen LogP contribution in [0, 0.1) is 13.8 Å². The van der Waals surface area contributed by atoms with Crippen LogP contribution in [0.1, 0.15) is 21.6 Å². The number of methoxy groups -OCH3 is 2. The van der Waals surface area contributed by atoms with Gasteiger partial charge in [0.2, 0.25) is 0 Å². The maximum atomic E-state index is 12.6. The second kappa shape index (κ2) is 8.43. The fourth-order valence-electron chi connectivity index (χ4n) is 2.73. The van der Waals surface area contributed by atoms with E-state index >= 15 is 0 Å². The van der Waals surface area contributed by atoms with Crippen LogP contribution in [0.3, 0.4) is 0 Å². The van der Waals surface area contributed by atoms with Gasteiger partial charge in [-0.1, -0.05) is 6.07 Å². The highest BCUT2D eigenvalue weighted by atomic mass is 16.5. The number of anilines is 3. The molecule has 0 atom stereocenters. The van der Waals surface area contributed by atoms with Crippen LogP contribution in [0.2, 0.25) is 0 Å². The van der Waals surface area contributed by atoms with Crippen LogP contribution in [-0.2, 0) is 0 Å². The van der Waals surface area contributed by atoms with Gasteiger partial charge >= 0.3 is 0 Å². The van der Waals surface area contributed by atoms with Gasteiger partial charge in [0, 0.05) is 29.3 Å². The molecule has 0 unspecified atom stereocenters. The molecule has 6 nitrogen and oxygen atoms in total. The average Bonchev–Trinajstić information content (AvgIpc) is 2.71. The third-order valence-electron chi connectivity index (χ3n) is 4.43. The quantitative estimate of drug-likeness (QED) is 0.651. The fraction of sp³-hybridized carbons (Fsp3) is 0.182. The average molecular weight is 377 g/mol. The van der Waals surface area contributed by atoms with Crippen molar-refractivity contribution in [2.24, 2.45) is 0 Å². The van der Waals surface area contributed by atoms with E-state index in [9.17, 15) is 4.79 Å². The molecule has 0 bridgehead atoms. The number of carbonyl (C=O) groups excluding carboxylic acids is 1. The minimum atomic E-state index is -0.265. The first-order valence-corrected chi connectivity index (χ1v) is 8.84. The first-order valence-electron chi connectivity index (χ1n) is 8.84. The zero-order valence-electron chi connectivity index (χ0n) is 16.4. The van der Waals surface area contributed by atoms with Crippen LogP contribution in [0.5, 0.6) is 11.5 Å². The molecule has 6 heteroatoms. The Morgan fingerprint density at radius 2 is 1.54 bits per heavy atom. The Balaban J connectivity index is 1.76. The SMILES string of the molecule is COc1ccc(Nc2ccnc(C(=O)Nc3ccc(C)c(C)c3)c2)cc1OC. The first-order chi connectivity index (χ1) is 13.5. The largest absolute Gasteiger partial charge is 0.493 e. The van der Waals surface area contributed by atoms with Gasteiger partial charge in [-0.05, 0) is 61.4 Å². The van der Waals surface area contributed by atoms with E-state index in [-0.39, 0.29) is 5.91 Å². The van der Waals surface area contributed by atoms with E-state index in [2.05, 4.69) is 15.6 Å². The topological polar surface area (TPSA) is 72.5 Å². The first kappa shape index (κ1) is 19.2. The summed E-state index contributed by atoms with van der Waals surface area (Å²) in [4.78, 5) is 16.7. The highest BCUT2D eigenvalue weighted by Crippen LogP contribution is 2.31. The molecule has 2 N–H and O–H groups in total. The molecule has 0 saturated carbocycles. The number of hydrogen-bond acceptors (Lipinski definition) is 5. The van der Waals surface area contributed by atoms with Crippen LogP contribution < -0.4 is 20.1 Å². The molecule has 3 aromatic rings. The Kier molecular flexibility index (Phi) is 5.79. The molecule has 0 aliphatic rings. The maximum Gasteiger partial charge on any atom is 0.274 e. The number of carbonyl (C=O) groups is 1. The number of aryl methyl sites for hydroxylation is 2. The van der Waals surface area contributed by atoms with E-state index in [1.165, 1.54) is 5.56 Å². The third kappa shape index (κ3) is 4.40. The zero-order valence-corrected chi connectivity index (χ0v) is 16.4. The van der Waals surface area contributed by atoms with Gasteiger partial charge in [0.15, 0.2) is 11.5 Å².